The van der Waals surface area contributed by atoms with E-state index >= 15 is 0 Å². The predicted octanol–water partition coefficient (Wildman–Crippen LogP) is 8.07. The molecule has 0 N–H and O–H groups in total. The summed E-state index contributed by atoms with van der Waals surface area (Å²) in [4.78, 5) is 0. The molecule has 1 aliphatic carbocycles. The molecular weight excluding hydrogens is 472 g/mol. The van der Waals surface area contributed by atoms with Gasteiger partial charge in [0.15, 0.2) is 18.0 Å². The van der Waals surface area contributed by atoms with Crippen LogP contribution in [0.5, 0.6) is 11.5 Å². The molecule has 38 heavy (non-hydrogen) atoms. The van der Waals surface area contributed by atoms with Gasteiger partial charge in [0.05, 0.1) is 0 Å². The lowest BCUT2D eigenvalue weighted by Gasteiger charge is -2.33. The van der Waals surface area contributed by atoms with Gasteiger partial charge in [-0.25, -0.2) is 0 Å². The van der Waals surface area contributed by atoms with E-state index < -0.39 is 5.79 Å². The molecule has 4 aromatic rings. The topological polar surface area (TPSA) is 36.9 Å². The fourth-order valence-electron chi connectivity index (χ4n) is 5.68. The normalized spacial score (nSPS) is 22.0. The summed E-state index contributed by atoms with van der Waals surface area (Å²) >= 11 is 0. The first-order valence-electron chi connectivity index (χ1n) is 13.7. The maximum absolute atomic E-state index is 7.00. The Morgan fingerprint density at radius 1 is 0.500 bits per heavy atom. The lowest BCUT2D eigenvalue weighted by Crippen LogP contribution is -2.38. The molecule has 4 heteroatoms. The first-order chi connectivity index (χ1) is 18.8. The number of hydrogen-bond donors (Lipinski definition) is 0. The van der Waals surface area contributed by atoms with Crippen molar-refractivity contribution in [2.45, 2.75) is 62.3 Å². The number of hydrogen-bond acceptors (Lipinski definition) is 4. The lowest BCUT2D eigenvalue weighted by molar-refractivity contribution is -0.203. The van der Waals surface area contributed by atoms with Gasteiger partial charge in [-0.3, -0.25) is 0 Å². The largest absolute Gasteiger partial charge is 0.483 e. The van der Waals surface area contributed by atoms with Crippen LogP contribution in [-0.4, -0.2) is 18.0 Å². The maximum atomic E-state index is 7.00. The van der Waals surface area contributed by atoms with Crippen LogP contribution in [-0.2, 0) is 9.47 Å². The molecule has 4 aromatic carbocycles. The minimum absolute atomic E-state index is 0.379. The van der Waals surface area contributed by atoms with E-state index in [1.54, 1.807) is 0 Å². The summed E-state index contributed by atoms with van der Waals surface area (Å²) in [6, 6.07) is 40.6. The SMILES string of the molecule is c1ccc(OC(c2ccccc2)[C@@H]2OC3(CCCCC3)O[C@H]2C(Oc2ccccc2)c2ccccc2)cc1. The van der Waals surface area contributed by atoms with Crippen molar-refractivity contribution in [1.29, 1.82) is 0 Å². The van der Waals surface area contributed by atoms with Crippen molar-refractivity contribution in [3.63, 3.8) is 0 Å². The van der Waals surface area contributed by atoms with E-state index in [0.717, 1.165) is 48.3 Å². The molecule has 0 amide bonds. The van der Waals surface area contributed by atoms with Crippen LogP contribution >= 0.6 is 0 Å². The van der Waals surface area contributed by atoms with Gasteiger partial charge in [-0.2, -0.15) is 0 Å². The van der Waals surface area contributed by atoms with Crippen LogP contribution in [0.25, 0.3) is 0 Å². The van der Waals surface area contributed by atoms with E-state index in [4.69, 9.17) is 18.9 Å². The summed E-state index contributed by atoms with van der Waals surface area (Å²) in [6.45, 7) is 0. The van der Waals surface area contributed by atoms with E-state index in [1.807, 2.05) is 97.1 Å². The zero-order chi connectivity index (χ0) is 25.6. The molecule has 2 aliphatic rings. The Balaban J connectivity index is 1.43. The van der Waals surface area contributed by atoms with Crippen molar-refractivity contribution >= 4 is 0 Å². The van der Waals surface area contributed by atoms with E-state index in [9.17, 15) is 0 Å². The number of benzene rings is 4. The smallest absolute Gasteiger partial charge is 0.169 e. The molecule has 0 aromatic heterocycles. The van der Waals surface area contributed by atoms with Crippen LogP contribution in [0.4, 0.5) is 0 Å². The summed E-state index contributed by atoms with van der Waals surface area (Å²) in [5.41, 5.74) is 2.10. The fourth-order valence-corrected chi connectivity index (χ4v) is 5.68. The Hall–Kier alpha value is -3.60. The predicted molar refractivity (Wildman–Crippen MR) is 148 cm³/mol. The molecule has 1 saturated heterocycles. The number of ether oxygens (including phenoxy) is 4. The lowest BCUT2D eigenvalue weighted by atomic mass is 9.93. The maximum Gasteiger partial charge on any atom is 0.169 e. The Morgan fingerprint density at radius 2 is 0.868 bits per heavy atom. The highest BCUT2D eigenvalue weighted by Crippen LogP contribution is 2.48. The van der Waals surface area contributed by atoms with Gasteiger partial charge in [0, 0.05) is 12.8 Å². The molecule has 194 valence electrons. The van der Waals surface area contributed by atoms with Gasteiger partial charge < -0.3 is 18.9 Å². The second-order valence-corrected chi connectivity index (χ2v) is 10.2. The van der Waals surface area contributed by atoms with Crippen molar-refractivity contribution in [3.8, 4) is 11.5 Å². The van der Waals surface area contributed by atoms with E-state index in [2.05, 4.69) is 24.3 Å². The molecule has 4 nitrogen and oxygen atoms in total. The second-order valence-electron chi connectivity index (χ2n) is 10.2. The number of para-hydroxylation sites is 2. The monoisotopic (exact) mass is 506 g/mol. The first kappa shape index (κ1) is 24.7. The molecule has 6 rings (SSSR count). The molecule has 4 atom stereocenters. The van der Waals surface area contributed by atoms with Crippen LogP contribution in [0.15, 0.2) is 121 Å². The molecule has 2 fully saturated rings. The fraction of sp³-hybridized carbons (Fsp3) is 0.294. The van der Waals surface area contributed by atoms with Gasteiger partial charge in [-0.05, 0) is 48.2 Å². The van der Waals surface area contributed by atoms with E-state index in [1.165, 1.54) is 6.42 Å². The zero-order valence-corrected chi connectivity index (χ0v) is 21.5. The molecular formula is C34H34O4. The summed E-state index contributed by atoms with van der Waals surface area (Å²) in [7, 11) is 0. The van der Waals surface area contributed by atoms with Crippen LogP contribution in [0.3, 0.4) is 0 Å². The molecule has 2 unspecified atom stereocenters. The highest BCUT2D eigenvalue weighted by molar-refractivity contribution is 5.29. The third-order valence-electron chi connectivity index (χ3n) is 7.51. The van der Waals surface area contributed by atoms with E-state index in [0.29, 0.717) is 0 Å². The van der Waals surface area contributed by atoms with Gasteiger partial charge in [0.1, 0.15) is 23.7 Å². The van der Waals surface area contributed by atoms with Gasteiger partial charge in [-0.1, -0.05) is 103 Å². The van der Waals surface area contributed by atoms with Crippen molar-refractivity contribution in [2.75, 3.05) is 0 Å². The zero-order valence-electron chi connectivity index (χ0n) is 21.5. The average molecular weight is 507 g/mol. The summed E-state index contributed by atoms with van der Waals surface area (Å²) in [6.07, 6.45) is 3.60. The Labute approximate surface area is 225 Å². The average Bonchev–Trinajstić information content (AvgIpc) is 3.34. The van der Waals surface area contributed by atoms with Gasteiger partial charge in [0.2, 0.25) is 0 Å². The Kier molecular flexibility index (Phi) is 7.43. The van der Waals surface area contributed by atoms with Crippen molar-refractivity contribution in [1.82, 2.24) is 0 Å². The van der Waals surface area contributed by atoms with Crippen LogP contribution in [0, 0.1) is 0 Å². The summed E-state index contributed by atoms with van der Waals surface area (Å²) in [5, 5.41) is 0. The van der Waals surface area contributed by atoms with E-state index in [-0.39, 0.29) is 24.4 Å². The minimum Gasteiger partial charge on any atom is -0.483 e. The molecule has 0 bridgehead atoms. The Bertz CT molecular complexity index is 1160. The molecule has 1 saturated carbocycles. The standard InChI is InChI=1S/C34H34O4/c1-6-16-26(17-7-1)30(35-28-20-10-3-11-21-28)32-33(38-34(37-32)24-14-5-15-25-34)31(27-18-8-2-9-19-27)36-29-22-12-4-13-23-29/h1-4,6-13,16-23,30-33H,5,14-15,24-25H2/t30?,31?,32-,33-/m0/s1. The second kappa shape index (κ2) is 11.4. The Morgan fingerprint density at radius 3 is 1.26 bits per heavy atom. The number of rotatable bonds is 8. The first-order valence-corrected chi connectivity index (χ1v) is 13.7. The molecule has 0 radical (unpaired) electrons. The van der Waals surface area contributed by atoms with Gasteiger partial charge in [-0.15, -0.1) is 0 Å². The third kappa shape index (κ3) is 5.47. The molecule has 1 heterocycles. The highest BCUT2D eigenvalue weighted by Gasteiger charge is 2.55. The summed E-state index contributed by atoms with van der Waals surface area (Å²) < 4.78 is 27.5. The quantitative estimate of drug-likeness (QED) is 0.242. The van der Waals surface area contributed by atoms with Crippen LogP contribution in [0.1, 0.15) is 55.4 Å². The highest BCUT2D eigenvalue weighted by atomic mass is 16.8. The van der Waals surface area contributed by atoms with Gasteiger partial charge in [0.25, 0.3) is 0 Å². The van der Waals surface area contributed by atoms with Crippen molar-refractivity contribution in [2.24, 2.45) is 0 Å². The van der Waals surface area contributed by atoms with Gasteiger partial charge >= 0.3 is 0 Å². The minimum atomic E-state index is -0.631. The van der Waals surface area contributed by atoms with Crippen molar-refractivity contribution in [3.05, 3.63) is 132 Å². The van der Waals surface area contributed by atoms with Crippen LogP contribution < -0.4 is 9.47 Å². The van der Waals surface area contributed by atoms with Crippen LogP contribution in [0.2, 0.25) is 0 Å². The summed E-state index contributed by atoms with van der Waals surface area (Å²) in [5.74, 6) is 0.968. The molecule has 1 spiro atoms. The van der Waals surface area contributed by atoms with Crippen molar-refractivity contribution < 1.29 is 18.9 Å². The molecule has 1 aliphatic heterocycles. The third-order valence-corrected chi connectivity index (χ3v) is 7.51.